The smallest absolute Gasteiger partial charge is 0.252 e. The summed E-state index contributed by atoms with van der Waals surface area (Å²) in [6.07, 6.45) is 0. The quantitative estimate of drug-likeness (QED) is 0.806. The van der Waals surface area contributed by atoms with Crippen LogP contribution in [0.2, 0.25) is 0 Å². The van der Waals surface area contributed by atoms with Gasteiger partial charge in [-0.05, 0) is 30.7 Å². The van der Waals surface area contributed by atoms with E-state index in [1.165, 1.54) is 0 Å². The number of benzene rings is 2. The molecule has 0 aliphatic carbocycles. The molecule has 1 aromatic heterocycles. The predicted octanol–water partition coefficient (Wildman–Crippen LogP) is 3.12. The number of nitrogens with zero attached hydrogens (tertiary/aromatic N) is 2. The highest BCUT2D eigenvalue weighted by Gasteiger charge is 2.13. The molecule has 0 bridgehead atoms. The van der Waals surface area contributed by atoms with E-state index in [-0.39, 0.29) is 5.91 Å². The molecule has 0 saturated heterocycles. The van der Waals surface area contributed by atoms with E-state index in [9.17, 15) is 4.79 Å². The van der Waals surface area contributed by atoms with Crippen LogP contribution in [0.5, 0.6) is 0 Å². The summed E-state index contributed by atoms with van der Waals surface area (Å²) in [6, 6.07) is 13.7. The summed E-state index contributed by atoms with van der Waals surface area (Å²) in [5.41, 5.74) is 3.82. The Morgan fingerprint density at radius 2 is 1.86 bits per heavy atom. The van der Waals surface area contributed by atoms with E-state index >= 15 is 0 Å². The average molecular weight is 293 g/mol. The highest BCUT2D eigenvalue weighted by Crippen LogP contribution is 2.19. The van der Waals surface area contributed by atoms with Crippen molar-refractivity contribution >= 4 is 16.7 Å². The van der Waals surface area contributed by atoms with E-state index < -0.39 is 0 Å². The molecular formula is C18H19N3O. The number of carbonyl (C=O) groups excluding carboxylic acids is 1. The fourth-order valence-electron chi connectivity index (χ4n) is 2.76. The molecule has 3 aromatic rings. The van der Waals surface area contributed by atoms with Gasteiger partial charge >= 0.3 is 0 Å². The normalized spacial score (nSPS) is 10.9. The highest BCUT2D eigenvalue weighted by atomic mass is 16.1. The SMILES string of the molecule is Cc1nn(C)c(C)c1CNC(=O)c1cccc2ccccc12. The van der Waals surface area contributed by atoms with Crippen LogP contribution in [0.4, 0.5) is 0 Å². The van der Waals surface area contributed by atoms with Gasteiger partial charge in [0.15, 0.2) is 0 Å². The summed E-state index contributed by atoms with van der Waals surface area (Å²) >= 11 is 0. The van der Waals surface area contributed by atoms with Crippen LogP contribution in [0.25, 0.3) is 10.8 Å². The van der Waals surface area contributed by atoms with E-state index in [1.54, 1.807) is 0 Å². The topological polar surface area (TPSA) is 46.9 Å². The number of nitrogens with one attached hydrogen (secondary N) is 1. The number of carbonyl (C=O) groups is 1. The molecule has 1 heterocycles. The van der Waals surface area contributed by atoms with Gasteiger partial charge in [0.05, 0.1) is 5.69 Å². The average Bonchev–Trinajstić information content (AvgIpc) is 2.77. The van der Waals surface area contributed by atoms with Crippen molar-refractivity contribution in [1.29, 1.82) is 0 Å². The molecule has 4 nitrogen and oxygen atoms in total. The van der Waals surface area contributed by atoms with Gasteiger partial charge in [0.2, 0.25) is 0 Å². The standard InChI is InChI=1S/C18H19N3O/c1-12-17(13(2)21(3)20-12)11-19-18(22)16-10-6-8-14-7-4-5-9-15(14)16/h4-10H,11H2,1-3H3,(H,19,22). The van der Waals surface area contributed by atoms with Crippen LogP contribution in [-0.4, -0.2) is 15.7 Å². The summed E-state index contributed by atoms with van der Waals surface area (Å²) in [5, 5.41) is 9.43. The molecule has 1 N–H and O–H groups in total. The van der Waals surface area contributed by atoms with E-state index in [1.807, 2.05) is 68.0 Å². The first-order chi connectivity index (χ1) is 10.6. The molecule has 0 fully saturated rings. The number of aryl methyl sites for hydroxylation is 2. The van der Waals surface area contributed by atoms with Crippen LogP contribution >= 0.6 is 0 Å². The monoisotopic (exact) mass is 293 g/mol. The Hall–Kier alpha value is -2.62. The van der Waals surface area contributed by atoms with Gasteiger partial charge in [-0.25, -0.2) is 0 Å². The summed E-state index contributed by atoms with van der Waals surface area (Å²) in [4.78, 5) is 12.5. The van der Waals surface area contributed by atoms with Crippen LogP contribution in [0.1, 0.15) is 27.3 Å². The van der Waals surface area contributed by atoms with Crippen molar-refractivity contribution in [2.24, 2.45) is 7.05 Å². The molecule has 0 saturated carbocycles. The molecule has 1 amide bonds. The van der Waals surface area contributed by atoms with Crippen LogP contribution in [-0.2, 0) is 13.6 Å². The number of hydrogen-bond donors (Lipinski definition) is 1. The zero-order valence-corrected chi connectivity index (χ0v) is 13.1. The van der Waals surface area contributed by atoms with Crippen molar-refractivity contribution in [3.8, 4) is 0 Å². The Bertz CT molecular complexity index is 843. The van der Waals surface area contributed by atoms with Crippen LogP contribution < -0.4 is 5.32 Å². The minimum atomic E-state index is -0.0561. The summed E-state index contributed by atoms with van der Waals surface area (Å²) in [6.45, 7) is 4.47. The van der Waals surface area contributed by atoms with Gasteiger partial charge in [0.1, 0.15) is 0 Å². The summed E-state index contributed by atoms with van der Waals surface area (Å²) in [5.74, 6) is -0.0561. The van der Waals surface area contributed by atoms with Crippen molar-refractivity contribution in [2.75, 3.05) is 0 Å². The molecular weight excluding hydrogens is 274 g/mol. The maximum absolute atomic E-state index is 12.5. The zero-order valence-electron chi connectivity index (χ0n) is 13.1. The van der Waals surface area contributed by atoms with Crippen LogP contribution in [0.3, 0.4) is 0 Å². The summed E-state index contributed by atoms with van der Waals surface area (Å²) < 4.78 is 1.84. The maximum atomic E-state index is 12.5. The van der Waals surface area contributed by atoms with Crippen molar-refractivity contribution in [3.63, 3.8) is 0 Å². The molecule has 22 heavy (non-hydrogen) atoms. The maximum Gasteiger partial charge on any atom is 0.252 e. The second-order valence-corrected chi connectivity index (χ2v) is 5.48. The fourth-order valence-corrected chi connectivity index (χ4v) is 2.76. The molecule has 4 heteroatoms. The van der Waals surface area contributed by atoms with Gasteiger partial charge in [0, 0.05) is 30.4 Å². The van der Waals surface area contributed by atoms with E-state index in [0.29, 0.717) is 12.1 Å². The number of aromatic nitrogens is 2. The lowest BCUT2D eigenvalue weighted by Crippen LogP contribution is -2.23. The molecule has 3 rings (SSSR count). The van der Waals surface area contributed by atoms with E-state index in [4.69, 9.17) is 0 Å². The fraction of sp³-hybridized carbons (Fsp3) is 0.222. The minimum absolute atomic E-state index is 0.0561. The minimum Gasteiger partial charge on any atom is -0.348 e. The lowest BCUT2D eigenvalue weighted by atomic mass is 10.0. The third-order valence-electron chi connectivity index (χ3n) is 4.12. The van der Waals surface area contributed by atoms with Gasteiger partial charge in [-0.3, -0.25) is 9.48 Å². The number of amides is 1. The number of fused-ring (bicyclic) bond motifs is 1. The lowest BCUT2D eigenvalue weighted by Gasteiger charge is -2.08. The molecule has 0 radical (unpaired) electrons. The predicted molar refractivity (Wildman–Crippen MR) is 87.8 cm³/mol. The second-order valence-electron chi connectivity index (χ2n) is 5.48. The van der Waals surface area contributed by atoms with Gasteiger partial charge in [-0.1, -0.05) is 36.4 Å². The Morgan fingerprint density at radius 3 is 2.59 bits per heavy atom. The van der Waals surface area contributed by atoms with Crippen molar-refractivity contribution in [3.05, 3.63) is 65.0 Å². The lowest BCUT2D eigenvalue weighted by molar-refractivity contribution is 0.0952. The molecule has 2 aromatic carbocycles. The van der Waals surface area contributed by atoms with Crippen LogP contribution in [0, 0.1) is 13.8 Å². The Balaban J connectivity index is 1.85. The van der Waals surface area contributed by atoms with Crippen LogP contribution in [0.15, 0.2) is 42.5 Å². The molecule has 0 atom stereocenters. The number of rotatable bonds is 3. The molecule has 0 unspecified atom stereocenters. The van der Waals surface area contributed by atoms with Gasteiger partial charge in [0.25, 0.3) is 5.91 Å². The van der Waals surface area contributed by atoms with E-state index in [2.05, 4.69) is 10.4 Å². The highest BCUT2D eigenvalue weighted by molar-refractivity contribution is 6.06. The molecule has 0 aliphatic heterocycles. The largest absolute Gasteiger partial charge is 0.348 e. The van der Waals surface area contributed by atoms with Gasteiger partial charge in [-0.15, -0.1) is 0 Å². The van der Waals surface area contributed by atoms with Crippen molar-refractivity contribution in [1.82, 2.24) is 15.1 Å². The van der Waals surface area contributed by atoms with Crippen molar-refractivity contribution < 1.29 is 4.79 Å². The zero-order chi connectivity index (χ0) is 15.7. The molecule has 112 valence electrons. The first-order valence-corrected chi connectivity index (χ1v) is 7.33. The van der Waals surface area contributed by atoms with Crippen molar-refractivity contribution in [2.45, 2.75) is 20.4 Å². The second kappa shape index (κ2) is 5.64. The Kier molecular flexibility index (Phi) is 3.67. The van der Waals surface area contributed by atoms with Gasteiger partial charge < -0.3 is 5.32 Å². The first-order valence-electron chi connectivity index (χ1n) is 7.33. The van der Waals surface area contributed by atoms with Gasteiger partial charge in [-0.2, -0.15) is 5.10 Å². The third kappa shape index (κ3) is 2.48. The molecule has 0 spiro atoms. The van der Waals surface area contributed by atoms with E-state index in [0.717, 1.165) is 27.7 Å². The third-order valence-corrected chi connectivity index (χ3v) is 4.12. The Morgan fingerprint density at radius 1 is 1.14 bits per heavy atom. The Labute approximate surface area is 129 Å². The number of hydrogen-bond acceptors (Lipinski definition) is 2. The molecule has 0 aliphatic rings. The first kappa shape index (κ1) is 14.3. The summed E-state index contributed by atoms with van der Waals surface area (Å²) in [7, 11) is 1.92.